The molecule has 0 radical (unpaired) electrons. The second-order valence-electron chi connectivity index (χ2n) is 5.17. The number of anilines is 1. The second-order valence-corrected chi connectivity index (χ2v) is 5.17. The Hall–Kier alpha value is -1.58. The van der Waals surface area contributed by atoms with Crippen LogP contribution >= 0.6 is 0 Å². The van der Waals surface area contributed by atoms with Crippen LogP contribution in [0.1, 0.15) is 45.2 Å². The molecular formula is C15H24N4. The lowest BCUT2D eigenvalue weighted by Crippen LogP contribution is -2.14. The van der Waals surface area contributed by atoms with Crippen molar-refractivity contribution in [3.05, 3.63) is 23.9 Å². The number of hydrogen-bond donors (Lipinski definition) is 1. The number of aryl methyl sites for hydroxylation is 1. The topological polar surface area (TPSA) is 42.2 Å². The highest BCUT2D eigenvalue weighted by molar-refractivity contribution is 5.44. The first-order chi connectivity index (χ1) is 9.24. The average Bonchev–Trinajstić information content (AvgIpc) is 2.83. The summed E-state index contributed by atoms with van der Waals surface area (Å²) in [6.07, 6.45) is 5.06. The van der Waals surface area contributed by atoms with Gasteiger partial charge in [0.1, 0.15) is 0 Å². The summed E-state index contributed by atoms with van der Waals surface area (Å²) in [5.41, 5.74) is 2.01. The van der Waals surface area contributed by atoms with Gasteiger partial charge in [-0.2, -0.15) is 4.98 Å². The first-order valence-electron chi connectivity index (χ1n) is 7.30. The molecule has 2 aromatic rings. The molecule has 0 aliphatic heterocycles. The first kappa shape index (κ1) is 13.8. The maximum atomic E-state index is 4.50. The van der Waals surface area contributed by atoms with Gasteiger partial charge in [0.25, 0.3) is 0 Å². The third kappa shape index (κ3) is 3.46. The minimum Gasteiger partial charge on any atom is -0.353 e. The minimum atomic E-state index is 0.715. The Bertz CT molecular complexity index is 518. The van der Waals surface area contributed by atoms with E-state index in [2.05, 4.69) is 29.2 Å². The lowest BCUT2D eigenvalue weighted by atomic mass is 9.99. The molecule has 2 aromatic heterocycles. The fourth-order valence-corrected chi connectivity index (χ4v) is 2.29. The molecule has 4 nitrogen and oxygen atoms in total. The Balaban J connectivity index is 1.99. The predicted molar refractivity (Wildman–Crippen MR) is 79.5 cm³/mol. The van der Waals surface area contributed by atoms with Crippen LogP contribution in [0.3, 0.4) is 0 Å². The molecule has 4 heteroatoms. The third-order valence-corrected chi connectivity index (χ3v) is 3.64. The molecule has 104 valence electrons. The summed E-state index contributed by atoms with van der Waals surface area (Å²) < 4.78 is 1.88. The number of hydrogen-bond acceptors (Lipinski definition) is 3. The van der Waals surface area contributed by atoms with E-state index in [9.17, 15) is 0 Å². The van der Waals surface area contributed by atoms with Gasteiger partial charge in [0.05, 0.1) is 0 Å². The van der Waals surface area contributed by atoms with Crippen molar-refractivity contribution in [1.82, 2.24) is 14.6 Å². The van der Waals surface area contributed by atoms with Crippen molar-refractivity contribution in [2.45, 2.75) is 46.5 Å². The highest BCUT2D eigenvalue weighted by atomic mass is 15.3. The van der Waals surface area contributed by atoms with E-state index in [0.29, 0.717) is 5.92 Å². The van der Waals surface area contributed by atoms with Gasteiger partial charge in [-0.05, 0) is 31.4 Å². The van der Waals surface area contributed by atoms with E-state index in [-0.39, 0.29) is 0 Å². The van der Waals surface area contributed by atoms with Gasteiger partial charge in [-0.15, -0.1) is 5.10 Å². The maximum Gasteiger partial charge on any atom is 0.243 e. The molecule has 0 amide bonds. The summed E-state index contributed by atoms with van der Waals surface area (Å²) in [7, 11) is 0. The highest BCUT2D eigenvalue weighted by Gasteiger charge is 2.08. The molecule has 0 aromatic carbocycles. The van der Waals surface area contributed by atoms with E-state index in [1.165, 1.54) is 25.7 Å². The van der Waals surface area contributed by atoms with Gasteiger partial charge in [-0.3, -0.25) is 0 Å². The number of nitrogens with one attached hydrogen (secondary N) is 1. The Labute approximate surface area is 115 Å². The van der Waals surface area contributed by atoms with Crippen molar-refractivity contribution in [3.8, 4) is 0 Å². The Kier molecular flexibility index (Phi) is 4.77. The van der Waals surface area contributed by atoms with Gasteiger partial charge in [0, 0.05) is 12.2 Å². The molecule has 0 saturated carbocycles. The maximum absolute atomic E-state index is 4.50. The average molecular weight is 260 g/mol. The number of fused-ring (bicyclic) bond motifs is 1. The molecule has 1 atom stereocenters. The van der Waals surface area contributed by atoms with Crippen molar-refractivity contribution in [3.63, 3.8) is 0 Å². The molecule has 2 heterocycles. The molecule has 0 bridgehead atoms. The molecule has 0 fully saturated rings. The zero-order chi connectivity index (χ0) is 13.7. The van der Waals surface area contributed by atoms with Crippen LogP contribution in [0.5, 0.6) is 0 Å². The summed E-state index contributed by atoms with van der Waals surface area (Å²) in [5.74, 6) is 1.46. The summed E-state index contributed by atoms with van der Waals surface area (Å²) in [5, 5.41) is 7.87. The van der Waals surface area contributed by atoms with E-state index in [1.54, 1.807) is 0 Å². The monoisotopic (exact) mass is 260 g/mol. The van der Waals surface area contributed by atoms with Crippen molar-refractivity contribution in [2.75, 3.05) is 11.9 Å². The van der Waals surface area contributed by atoms with Crippen LogP contribution in [0.2, 0.25) is 0 Å². The molecule has 0 aliphatic carbocycles. The zero-order valence-corrected chi connectivity index (χ0v) is 12.2. The molecule has 0 saturated heterocycles. The Morgan fingerprint density at radius 1 is 1.32 bits per heavy atom. The van der Waals surface area contributed by atoms with Crippen molar-refractivity contribution in [2.24, 2.45) is 5.92 Å². The van der Waals surface area contributed by atoms with Gasteiger partial charge in [-0.1, -0.05) is 39.2 Å². The Morgan fingerprint density at radius 3 is 2.84 bits per heavy atom. The van der Waals surface area contributed by atoms with Gasteiger partial charge < -0.3 is 5.32 Å². The van der Waals surface area contributed by atoms with Crippen LogP contribution in [0.25, 0.3) is 5.65 Å². The van der Waals surface area contributed by atoms with Crippen LogP contribution < -0.4 is 5.32 Å². The molecular weight excluding hydrogens is 236 g/mol. The SMILES string of the molecule is CCCCC(CC)CNc1nc2cccc(C)n2n1. The zero-order valence-electron chi connectivity index (χ0n) is 12.2. The molecule has 0 aliphatic rings. The van der Waals surface area contributed by atoms with Gasteiger partial charge in [0.15, 0.2) is 5.65 Å². The summed E-state index contributed by atoms with van der Waals surface area (Å²) >= 11 is 0. The lowest BCUT2D eigenvalue weighted by Gasteiger charge is -2.14. The molecule has 1 N–H and O–H groups in total. The quantitative estimate of drug-likeness (QED) is 0.826. The summed E-state index contributed by atoms with van der Waals surface area (Å²) in [6, 6.07) is 6.04. The Morgan fingerprint density at radius 2 is 2.16 bits per heavy atom. The van der Waals surface area contributed by atoms with E-state index < -0.39 is 0 Å². The van der Waals surface area contributed by atoms with E-state index in [0.717, 1.165) is 23.8 Å². The largest absolute Gasteiger partial charge is 0.353 e. The van der Waals surface area contributed by atoms with Crippen molar-refractivity contribution >= 4 is 11.6 Å². The van der Waals surface area contributed by atoms with Crippen LogP contribution in [0.15, 0.2) is 18.2 Å². The number of pyridine rings is 1. The molecule has 19 heavy (non-hydrogen) atoms. The number of aromatic nitrogens is 3. The van der Waals surface area contributed by atoms with Crippen molar-refractivity contribution in [1.29, 1.82) is 0 Å². The van der Waals surface area contributed by atoms with E-state index in [1.807, 2.05) is 29.6 Å². The fourth-order valence-electron chi connectivity index (χ4n) is 2.29. The van der Waals surface area contributed by atoms with Crippen molar-refractivity contribution < 1.29 is 0 Å². The van der Waals surface area contributed by atoms with Gasteiger partial charge in [0.2, 0.25) is 5.95 Å². The van der Waals surface area contributed by atoms with E-state index >= 15 is 0 Å². The standard InChI is InChI=1S/C15H24N4/c1-4-6-9-13(5-2)11-16-15-17-14-10-7-8-12(3)19(14)18-15/h7-8,10,13H,4-6,9,11H2,1-3H3,(H,16,18). The fraction of sp³-hybridized carbons (Fsp3) is 0.600. The van der Waals surface area contributed by atoms with Gasteiger partial charge >= 0.3 is 0 Å². The lowest BCUT2D eigenvalue weighted by molar-refractivity contribution is 0.472. The normalized spacial score (nSPS) is 12.8. The van der Waals surface area contributed by atoms with E-state index in [4.69, 9.17) is 0 Å². The smallest absolute Gasteiger partial charge is 0.243 e. The highest BCUT2D eigenvalue weighted by Crippen LogP contribution is 2.14. The minimum absolute atomic E-state index is 0.715. The summed E-state index contributed by atoms with van der Waals surface area (Å²) in [6.45, 7) is 7.50. The van der Waals surface area contributed by atoms with Crippen LogP contribution in [-0.4, -0.2) is 21.1 Å². The van der Waals surface area contributed by atoms with Crippen LogP contribution in [0, 0.1) is 12.8 Å². The third-order valence-electron chi connectivity index (χ3n) is 3.64. The van der Waals surface area contributed by atoms with Crippen LogP contribution in [-0.2, 0) is 0 Å². The number of nitrogens with zero attached hydrogens (tertiary/aromatic N) is 3. The second kappa shape index (κ2) is 6.55. The molecule has 1 unspecified atom stereocenters. The summed E-state index contributed by atoms with van der Waals surface area (Å²) in [4.78, 5) is 4.50. The number of unbranched alkanes of at least 4 members (excludes halogenated alkanes) is 1. The number of rotatable bonds is 7. The van der Waals surface area contributed by atoms with Crippen LogP contribution in [0.4, 0.5) is 5.95 Å². The molecule has 2 rings (SSSR count). The predicted octanol–water partition coefficient (Wildman–Crippen LogP) is 3.67. The molecule has 0 spiro atoms. The first-order valence-corrected chi connectivity index (χ1v) is 7.30. The van der Waals surface area contributed by atoms with Gasteiger partial charge in [-0.25, -0.2) is 4.52 Å².